The fourth-order valence-corrected chi connectivity index (χ4v) is 3.11. The summed E-state index contributed by atoms with van der Waals surface area (Å²) in [6, 6.07) is 7.77. The van der Waals surface area contributed by atoms with Gasteiger partial charge in [0.05, 0.1) is 0 Å². The zero-order chi connectivity index (χ0) is 13.9. The van der Waals surface area contributed by atoms with Crippen LogP contribution in [0.2, 0.25) is 0 Å². The molecule has 1 amide bonds. The lowest BCUT2D eigenvalue weighted by atomic mass is 9.81. The van der Waals surface area contributed by atoms with E-state index >= 15 is 0 Å². The van der Waals surface area contributed by atoms with E-state index in [1.807, 2.05) is 29.2 Å². The van der Waals surface area contributed by atoms with Crippen LogP contribution in [0.4, 0.5) is 0 Å². The highest BCUT2D eigenvalue weighted by atomic mass is 16.2. The molecule has 0 spiro atoms. The third-order valence-corrected chi connectivity index (χ3v) is 4.31. The van der Waals surface area contributed by atoms with Crippen LogP contribution in [0.5, 0.6) is 0 Å². The minimum absolute atomic E-state index is 0.129. The fourth-order valence-electron chi connectivity index (χ4n) is 3.11. The fraction of sp³-hybridized carbons (Fsp3) is 0.500. The summed E-state index contributed by atoms with van der Waals surface area (Å²) < 4.78 is 0. The van der Waals surface area contributed by atoms with Crippen LogP contribution < -0.4 is 5.32 Å². The largest absolute Gasteiger partial charge is 0.340 e. The Morgan fingerprint density at radius 2 is 2.00 bits per heavy atom. The average molecular weight is 272 g/mol. The number of Topliss-reactive ketones (excluding diaryl/α,β-unsaturated/α-hetero) is 1. The Hall–Kier alpha value is -1.68. The van der Waals surface area contributed by atoms with Crippen LogP contribution in [0.1, 0.15) is 28.8 Å². The van der Waals surface area contributed by atoms with Crippen molar-refractivity contribution in [1.82, 2.24) is 10.2 Å². The van der Waals surface area contributed by atoms with Gasteiger partial charge in [-0.1, -0.05) is 24.3 Å². The number of fused-ring (bicyclic) bond motifs is 1. The van der Waals surface area contributed by atoms with Gasteiger partial charge in [0.15, 0.2) is 5.78 Å². The molecule has 20 heavy (non-hydrogen) atoms. The van der Waals surface area contributed by atoms with E-state index in [0.29, 0.717) is 6.42 Å². The molecule has 1 saturated heterocycles. The first-order chi connectivity index (χ1) is 9.75. The predicted octanol–water partition coefficient (Wildman–Crippen LogP) is 1.25. The molecular weight excluding hydrogens is 252 g/mol. The van der Waals surface area contributed by atoms with Crippen molar-refractivity contribution in [1.29, 1.82) is 0 Å². The molecule has 1 aliphatic carbocycles. The number of ketones is 1. The quantitative estimate of drug-likeness (QED) is 0.881. The Morgan fingerprint density at radius 3 is 2.80 bits per heavy atom. The van der Waals surface area contributed by atoms with Crippen molar-refractivity contribution in [3.05, 3.63) is 35.4 Å². The van der Waals surface area contributed by atoms with E-state index < -0.39 is 0 Å². The van der Waals surface area contributed by atoms with Gasteiger partial charge in [0.1, 0.15) is 0 Å². The van der Waals surface area contributed by atoms with Gasteiger partial charge in [-0.15, -0.1) is 0 Å². The van der Waals surface area contributed by atoms with Gasteiger partial charge in [-0.25, -0.2) is 0 Å². The second-order valence-electron chi connectivity index (χ2n) is 5.59. The van der Waals surface area contributed by atoms with Crippen molar-refractivity contribution in [3.63, 3.8) is 0 Å². The van der Waals surface area contributed by atoms with Crippen LogP contribution in [0.15, 0.2) is 24.3 Å². The first-order valence-electron chi connectivity index (χ1n) is 7.36. The van der Waals surface area contributed by atoms with Crippen molar-refractivity contribution in [3.8, 4) is 0 Å². The first kappa shape index (κ1) is 13.3. The minimum Gasteiger partial charge on any atom is -0.340 e. The normalized spacial score (nSPS) is 22.5. The summed E-state index contributed by atoms with van der Waals surface area (Å²) in [6.07, 6.45) is 2.07. The summed E-state index contributed by atoms with van der Waals surface area (Å²) in [5.74, 6) is 0.145. The number of piperazine rings is 1. The van der Waals surface area contributed by atoms with Gasteiger partial charge in [-0.3, -0.25) is 9.59 Å². The van der Waals surface area contributed by atoms with Crippen LogP contribution in [0, 0.1) is 5.92 Å². The van der Waals surface area contributed by atoms with Crippen molar-refractivity contribution >= 4 is 11.7 Å². The molecule has 1 unspecified atom stereocenters. The van der Waals surface area contributed by atoms with E-state index in [4.69, 9.17) is 0 Å². The van der Waals surface area contributed by atoms with E-state index in [0.717, 1.165) is 50.1 Å². The number of hydrogen-bond donors (Lipinski definition) is 1. The van der Waals surface area contributed by atoms with Gasteiger partial charge in [0, 0.05) is 44.1 Å². The Morgan fingerprint density at radius 1 is 1.25 bits per heavy atom. The summed E-state index contributed by atoms with van der Waals surface area (Å²) in [7, 11) is 0. The van der Waals surface area contributed by atoms with Gasteiger partial charge in [0.25, 0.3) is 0 Å². The molecule has 106 valence electrons. The second-order valence-corrected chi connectivity index (χ2v) is 5.59. The van der Waals surface area contributed by atoms with Gasteiger partial charge in [-0.2, -0.15) is 0 Å². The van der Waals surface area contributed by atoms with Crippen LogP contribution in [0.25, 0.3) is 0 Å². The molecule has 0 saturated carbocycles. The first-order valence-corrected chi connectivity index (χ1v) is 7.36. The Balaban J connectivity index is 1.67. The topological polar surface area (TPSA) is 49.4 Å². The van der Waals surface area contributed by atoms with E-state index in [1.54, 1.807) is 0 Å². The molecule has 1 aromatic carbocycles. The minimum atomic E-state index is -0.132. The second kappa shape index (κ2) is 5.75. The maximum Gasteiger partial charge on any atom is 0.223 e. The molecule has 4 nitrogen and oxygen atoms in total. The molecular formula is C16H20N2O2. The smallest absolute Gasteiger partial charge is 0.223 e. The number of benzene rings is 1. The summed E-state index contributed by atoms with van der Waals surface area (Å²) in [5.41, 5.74) is 1.94. The van der Waals surface area contributed by atoms with Crippen molar-refractivity contribution in [2.75, 3.05) is 26.2 Å². The van der Waals surface area contributed by atoms with E-state index in [2.05, 4.69) is 5.32 Å². The van der Waals surface area contributed by atoms with E-state index in [-0.39, 0.29) is 17.6 Å². The molecule has 1 aromatic rings. The highest BCUT2D eigenvalue weighted by Gasteiger charge is 2.30. The van der Waals surface area contributed by atoms with Crippen LogP contribution in [-0.4, -0.2) is 42.8 Å². The molecule has 0 aromatic heterocycles. The molecule has 3 rings (SSSR count). The molecule has 4 heteroatoms. The highest BCUT2D eigenvalue weighted by Crippen LogP contribution is 2.27. The van der Waals surface area contributed by atoms with E-state index in [9.17, 15) is 9.59 Å². The number of carbonyl (C=O) groups excluding carboxylic acids is 2. The lowest BCUT2D eigenvalue weighted by Crippen LogP contribution is -2.47. The van der Waals surface area contributed by atoms with Gasteiger partial charge < -0.3 is 10.2 Å². The van der Waals surface area contributed by atoms with Gasteiger partial charge in [0.2, 0.25) is 5.91 Å². The molecule has 1 heterocycles. The molecule has 1 N–H and O–H groups in total. The Labute approximate surface area is 119 Å². The van der Waals surface area contributed by atoms with Crippen LogP contribution >= 0.6 is 0 Å². The van der Waals surface area contributed by atoms with Crippen molar-refractivity contribution in [2.45, 2.75) is 19.3 Å². The predicted molar refractivity (Wildman–Crippen MR) is 76.7 cm³/mol. The molecule has 1 fully saturated rings. The number of aryl methyl sites for hydroxylation is 1. The van der Waals surface area contributed by atoms with Crippen LogP contribution in [0.3, 0.4) is 0 Å². The van der Waals surface area contributed by atoms with Gasteiger partial charge >= 0.3 is 0 Å². The molecule has 0 bridgehead atoms. The SMILES string of the molecule is O=C1c2ccccc2CCC1CC(=O)N1CCNCC1. The number of nitrogens with one attached hydrogen (secondary N) is 1. The third kappa shape index (κ3) is 2.61. The number of rotatable bonds is 2. The summed E-state index contributed by atoms with van der Waals surface area (Å²) in [4.78, 5) is 26.6. The molecule has 1 atom stereocenters. The summed E-state index contributed by atoms with van der Waals surface area (Å²) in [6.45, 7) is 3.23. The van der Waals surface area contributed by atoms with Crippen molar-refractivity contribution in [2.24, 2.45) is 5.92 Å². The number of hydrogen-bond acceptors (Lipinski definition) is 3. The number of nitrogens with zero attached hydrogens (tertiary/aromatic N) is 1. The zero-order valence-electron chi connectivity index (χ0n) is 11.6. The number of carbonyl (C=O) groups is 2. The number of amides is 1. The zero-order valence-corrected chi connectivity index (χ0v) is 11.6. The maximum atomic E-state index is 12.5. The lowest BCUT2D eigenvalue weighted by Gasteiger charge is -2.30. The van der Waals surface area contributed by atoms with E-state index in [1.165, 1.54) is 0 Å². The van der Waals surface area contributed by atoms with Crippen molar-refractivity contribution < 1.29 is 9.59 Å². The summed E-state index contributed by atoms with van der Waals surface area (Å²) >= 11 is 0. The monoisotopic (exact) mass is 272 g/mol. The lowest BCUT2D eigenvalue weighted by molar-refractivity contribution is -0.132. The highest BCUT2D eigenvalue weighted by molar-refractivity contribution is 6.01. The maximum absolute atomic E-state index is 12.5. The third-order valence-electron chi connectivity index (χ3n) is 4.31. The van der Waals surface area contributed by atoms with Crippen LogP contribution in [-0.2, 0) is 11.2 Å². The molecule has 2 aliphatic rings. The van der Waals surface area contributed by atoms with Gasteiger partial charge in [-0.05, 0) is 18.4 Å². The molecule has 1 aliphatic heterocycles. The Kier molecular flexibility index (Phi) is 3.83. The standard InChI is InChI=1S/C16H20N2O2/c19-15(18-9-7-17-8-10-18)11-13-6-5-12-3-1-2-4-14(12)16(13)20/h1-4,13,17H,5-11H2. The molecule has 0 radical (unpaired) electrons. The Bertz CT molecular complexity index is 521. The average Bonchev–Trinajstić information content (AvgIpc) is 2.51. The summed E-state index contributed by atoms with van der Waals surface area (Å²) in [5, 5.41) is 3.23.